The molecule has 0 radical (unpaired) electrons. The maximum Gasteiger partial charge on any atom is 0.230 e. The monoisotopic (exact) mass is 340 g/mol. The van der Waals surface area contributed by atoms with Crippen LogP contribution in [-0.2, 0) is 0 Å². The van der Waals surface area contributed by atoms with Gasteiger partial charge in [-0.15, -0.1) is 0 Å². The van der Waals surface area contributed by atoms with E-state index < -0.39 is 0 Å². The number of anilines is 4. The summed E-state index contributed by atoms with van der Waals surface area (Å²) in [7, 11) is 0. The molecule has 2 aromatic heterocycles. The second-order valence-corrected chi connectivity index (χ2v) is 6.30. The van der Waals surface area contributed by atoms with Gasteiger partial charge in [0.25, 0.3) is 0 Å². The predicted octanol–water partition coefficient (Wildman–Crippen LogP) is 1.62. The molecule has 0 spiro atoms. The molecule has 120 valence electrons. The normalized spacial score (nSPS) is 21.5. The van der Waals surface area contributed by atoms with E-state index in [-0.39, 0.29) is 18.3 Å². The molecule has 1 aromatic carbocycles. The number of hydrogen-bond donors (Lipinski definition) is 2. The number of nitrogens with zero attached hydrogens (tertiary/aromatic N) is 6. The summed E-state index contributed by atoms with van der Waals surface area (Å²) in [6.45, 7) is 0. The van der Waals surface area contributed by atoms with Gasteiger partial charge in [0.1, 0.15) is 18.1 Å². The summed E-state index contributed by atoms with van der Waals surface area (Å²) in [6, 6.07) is 7.84. The highest BCUT2D eigenvalue weighted by Gasteiger charge is 2.59. The molecule has 8 nitrogen and oxygen atoms in total. The highest BCUT2D eigenvalue weighted by molar-refractivity contribution is 6.30. The van der Waals surface area contributed by atoms with Crippen LogP contribution in [0.3, 0.4) is 0 Å². The number of hydrogen-bond acceptors (Lipinski definition) is 8. The lowest BCUT2D eigenvalue weighted by Gasteiger charge is -2.69. The van der Waals surface area contributed by atoms with Crippen LogP contribution in [0.25, 0.3) is 11.0 Å². The number of fused-ring (bicyclic) bond motifs is 1. The number of rotatable bonds is 2. The van der Waals surface area contributed by atoms with Crippen molar-refractivity contribution < 1.29 is 0 Å². The van der Waals surface area contributed by atoms with E-state index in [0.717, 1.165) is 17.1 Å². The minimum absolute atomic E-state index is 0.112. The summed E-state index contributed by atoms with van der Waals surface area (Å²) in [6.07, 6.45) is 3.24. The Kier molecular flexibility index (Phi) is 2.58. The van der Waals surface area contributed by atoms with E-state index in [1.54, 1.807) is 6.20 Å². The molecule has 3 fully saturated rings. The maximum atomic E-state index is 5.95. The van der Waals surface area contributed by atoms with Gasteiger partial charge in [0, 0.05) is 23.3 Å². The van der Waals surface area contributed by atoms with Crippen molar-refractivity contribution >= 4 is 46.0 Å². The molecule has 9 heteroatoms. The zero-order chi connectivity index (χ0) is 16.4. The fourth-order valence-corrected chi connectivity index (χ4v) is 3.38. The van der Waals surface area contributed by atoms with Crippen molar-refractivity contribution in [3.05, 3.63) is 35.5 Å². The van der Waals surface area contributed by atoms with Crippen molar-refractivity contribution in [2.75, 3.05) is 21.3 Å². The molecule has 3 aromatic rings. The molecule has 3 aliphatic heterocycles. The lowest BCUT2D eigenvalue weighted by molar-refractivity contribution is 0.171. The first-order valence-electron chi connectivity index (χ1n) is 7.50. The average Bonchev–Trinajstić information content (AvgIpc) is 2.46. The Morgan fingerprint density at radius 3 is 2.46 bits per heavy atom. The number of nitrogens with two attached hydrogens (primary N) is 2. The molecule has 5 heterocycles. The van der Waals surface area contributed by atoms with E-state index in [1.165, 1.54) is 0 Å². The molecular formula is C15H13ClN8. The quantitative estimate of drug-likeness (QED) is 0.724. The van der Waals surface area contributed by atoms with Crippen molar-refractivity contribution in [3.8, 4) is 0 Å². The third kappa shape index (κ3) is 1.74. The van der Waals surface area contributed by atoms with Gasteiger partial charge in [-0.05, 0) is 24.3 Å². The van der Waals surface area contributed by atoms with Gasteiger partial charge in [-0.25, -0.2) is 4.98 Å². The van der Waals surface area contributed by atoms with Crippen LogP contribution in [0.15, 0.2) is 30.5 Å². The van der Waals surface area contributed by atoms with Crippen LogP contribution < -0.4 is 21.3 Å². The predicted molar refractivity (Wildman–Crippen MR) is 92.6 cm³/mol. The Labute approximate surface area is 142 Å². The van der Waals surface area contributed by atoms with Crippen LogP contribution in [-0.4, -0.2) is 32.3 Å². The summed E-state index contributed by atoms with van der Waals surface area (Å²) < 4.78 is 0. The van der Waals surface area contributed by atoms with E-state index in [2.05, 4.69) is 29.7 Å². The first kappa shape index (κ1) is 13.6. The van der Waals surface area contributed by atoms with Gasteiger partial charge >= 0.3 is 0 Å². The average molecular weight is 341 g/mol. The lowest BCUT2D eigenvalue weighted by atomic mass is 9.90. The zero-order valence-corrected chi connectivity index (χ0v) is 13.2. The topological polar surface area (TPSA) is 110 Å². The van der Waals surface area contributed by atoms with Crippen LogP contribution in [0.1, 0.15) is 6.42 Å². The minimum Gasteiger partial charge on any atom is -0.383 e. The Morgan fingerprint density at radius 2 is 1.75 bits per heavy atom. The second-order valence-electron chi connectivity index (χ2n) is 5.86. The minimum atomic E-state index is 0.112. The Morgan fingerprint density at radius 1 is 1.00 bits per heavy atom. The van der Waals surface area contributed by atoms with Crippen LogP contribution in [0, 0.1) is 0 Å². The fourth-order valence-electron chi connectivity index (χ4n) is 3.26. The van der Waals surface area contributed by atoms with Crippen LogP contribution in [0.2, 0.25) is 5.02 Å². The van der Waals surface area contributed by atoms with Crippen molar-refractivity contribution in [1.29, 1.82) is 0 Å². The summed E-state index contributed by atoms with van der Waals surface area (Å²) >= 11 is 5.95. The van der Waals surface area contributed by atoms with Crippen LogP contribution >= 0.6 is 11.6 Å². The molecule has 2 bridgehead atoms. The van der Waals surface area contributed by atoms with Crippen molar-refractivity contribution in [2.45, 2.75) is 18.8 Å². The third-order valence-corrected chi connectivity index (χ3v) is 4.80. The number of aromatic nitrogens is 4. The van der Waals surface area contributed by atoms with Gasteiger partial charge < -0.3 is 16.4 Å². The zero-order valence-electron chi connectivity index (χ0n) is 12.5. The summed E-state index contributed by atoms with van der Waals surface area (Å²) in [4.78, 5) is 21.4. The van der Waals surface area contributed by atoms with Gasteiger partial charge in [-0.3, -0.25) is 4.90 Å². The first-order chi connectivity index (χ1) is 11.6. The molecule has 3 saturated heterocycles. The third-order valence-electron chi connectivity index (χ3n) is 4.55. The molecule has 2 atom stereocenters. The van der Waals surface area contributed by atoms with Gasteiger partial charge in [0.2, 0.25) is 11.9 Å². The standard InChI is InChI=1S/C15H13ClN8/c16-7-1-3-8(4-2-7)23-10-5-11(23)24(10)15-19-6-9-12(17)20-14(18)21-13(9)22-15/h1-4,6,10-11H,5H2,(H4,17,18,19,20,21,22). The van der Waals surface area contributed by atoms with E-state index in [4.69, 9.17) is 23.1 Å². The van der Waals surface area contributed by atoms with Crippen molar-refractivity contribution in [2.24, 2.45) is 0 Å². The highest BCUT2D eigenvalue weighted by atomic mass is 35.5. The molecular weight excluding hydrogens is 328 g/mol. The van der Waals surface area contributed by atoms with Crippen LogP contribution in [0.5, 0.6) is 0 Å². The largest absolute Gasteiger partial charge is 0.383 e. The first-order valence-corrected chi connectivity index (χ1v) is 7.87. The Hall–Kier alpha value is -2.87. The van der Waals surface area contributed by atoms with Gasteiger partial charge in [0.05, 0.1) is 5.39 Å². The fraction of sp³-hybridized carbons (Fsp3) is 0.200. The molecule has 2 unspecified atom stereocenters. The highest BCUT2D eigenvalue weighted by Crippen LogP contribution is 2.49. The summed E-state index contributed by atoms with van der Waals surface area (Å²) in [5, 5.41) is 1.34. The van der Waals surface area contributed by atoms with E-state index in [9.17, 15) is 0 Å². The maximum absolute atomic E-state index is 5.95. The Bertz CT molecular complexity index is 950. The lowest BCUT2D eigenvalue weighted by Crippen LogP contribution is -2.84. The van der Waals surface area contributed by atoms with Crippen molar-refractivity contribution in [3.63, 3.8) is 0 Å². The van der Waals surface area contributed by atoms with Gasteiger partial charge in [-0.2, -0.15) is 15.0 Å². The molecule has 0 amide bonds. The number of halogens is 1. The van der Waals surface area contributed by atoms with Gasteiger partial charge in [0.15, 0.2) is 5.65 Å². The SMILES string of the molecule is Nc1nc(N)c2cnc(N3C4CC3N4c3ccc(Cl)cc3)nc2n1. The molecule has 24 heavy (non-hydrogen) atoms. The Balaban J connectivity index is 1.45. The van der Waals surface area contributed by atoms with Crippen LogP contribution in [0.4, 0.5) is 23.4 Å². The molecule has 0 aliphatic carbocycles. The van der Waals surface area contributed by atoms with Gasteiger partial charge in [-0.1, -0.05) is 11.6 Å². The molecule has 6 rings (SSSR count). The smallest absolute Gasteiger partial charge is 0.230 e. The number of benzene rings is 1. The van der Waals surface area contributed by atoms with Crippen molar-refractivity contribution in [1.82, 2.24) is 19.9 Å². The number of nitrogen functional groups attached to an aromatic ring is 2. The molecule has 4 N–H and O–H groups in total. The van der Waals surface area contributed by atoms with E-state index in [0.29, 0.717) is 22.8 Å². The van der Waals surface area contributed by atoms with E-state index >= 15 is 0 Å². The molecule has 3 aliphatic rings. The second kappa shape index (κ2) is 4.57. The van der Waals surface area contributed by atoms with E-state index in [1.807, 2.05) is 24.3 Å². The molecule has 0 saturated carbocycles. The summed E-state index contributed by atoms with van der Waals surface area (Å²) in [5.74, 6) is 1.04. The summed E-state index contributed by atoms with van der Waals surface area (Å²) in [5.41, 5.74) is 13.1.